The Morgan fingerprint density at radius 1 is 1.20 bits per heavy atom. The Morgan fingerprint density at radius 3 is 2.33 bits per heavy atom. The second-order valence-corrected chi connectivity index (χ2v) is 4.71. The molecule has 0 radical (unpaired) electrons. The molecule has 0 aromatic carbocycles. The van der Waals surface area contributed by atoms with Gasteiger partial charge in [-0.25, -0.2) is 0 Å². The summed E-state index contributed by atoms with van der Waals surface area (Å²) < 4.78 is 5.50. The molecule has 15 heavy (non-hydrogen) atoms. The van der Waals surface area contributed by atoms with Gasteiger partial charge in [-0.05, 0) is 18.8 Å². The van der Waals surface area contributed by atoms with Gasteiger partial charge in [0, 0.05) is 4.38 Å². The van der Waals surface area contributed by atoms with Gasteiger partial charge >= 0.3 is 51.4 Å². The molecule has 0 aromatic rings. The van der Waals surface area contributed by atoms with Gasteiger partial charge in [-0.1, -0.05) is 39.5 Å². The van der Waals surface area contributed by atoms with Gasteiger partial charge in [-0.3, -0.25) is 0 Å². The molecule has 0 saturated carbocycles. The van der Waals surface area contributed by atoms with Gasteiger partial charge in [-0.15, -0.1) is 0 Å². The number of ether oxygens (including phenoxy) is 1. The summed E-state index contributed by atoms with van der Waals surface area (Å²) in [4.78, 5) is 0. The summed E-state index contributed by atoms with van der Waals surface area (Å²) in [5.41, 5.74) is 0. The van der Waals surface area contributed by atoms with Crippen LogP contribution in [0.4, 0.5) is 0 Å². The predicted octanol–water partition coefficient (Wildman–Crippen LogP) is 0.835. The molecule has 0 N–H and O–H groups in total. The molecule has 0 rings (SSSR count). The smallest absolute Gasteiger partial charge is 0.513 e. The van der Waals surface area contributed by atoms with E-state index in [1.165, 1.54) is 38.5 Å². The van der Waals surface area contributed by atoms with Crippen LogP contribution in [0.5, 0.6) is 0 Å². The van der Waals surface area contributed by atoms with Gasteiger partial charge in [0.2, 0.25) is 0 Å². The van der Waals surface area contributed by atoms with E-state index in [-0.39, 0.29) is 55.8 Å². The molecule has 0 aliphatic rings. The molecule has 0 bridgehead atoms. The number of unbranched alkanes of at least 4 members (excludes halogenated alkanes) is 2. The minimum absolute atomic E-state index is 0. The van der Waals surface area contributed by atoms with Crippen LogP contribution in [0.15, 0.2) is 0 Å². The molecule has 0 fully saturated rings. The maximum Gasteiger partial charge on any atom is 1.00 e. The van der Waals surface area contributed by atoms with Crippen LogP contribution >= 0.6 is 12.2 Å². The number of hydrogen-bond acceptors (Lipinski definition) is 3. The molecule has 0 aliphatic carbocycles. The average Bonchev–Trinajstić information content (AvgIpc) is 2.14. The molecule has 0 amide bonds. The first-order chi connectivity index (χ1) is 6.70. The van der Waals surface area contributed by atoms with Crippen molar-refractivity contribution in [3.05, 3.63) is 0 Å². The quantitative estimate of drug-likeness (QED) is 0.280. The van der Waals surface area contributed by atoms with Gasteiger partial charge in [0.25, 0.3) is 0 Å². The zero-order chi connectivity index (χ0) is 10.8. The molecule has 4 heteroatoms. The molecule has 0 aromatic heterocycles. The van der Waals surface area contributed by atoms with E-state index in [1.807, 2.05) is 0 Å². The fourth-order valence-electron chi connectivity index (χ4n) is 1.59. The number of rotatable bonds is 8. The van der Waals surface area contributed by atoms with Crippen molar-refractivity contribution in [3.8, 4) is 0 Å². The Bertz CT molecular complexity index is 154. The van der Waals surface area contributed by atoms with E-state index in [0.717, 1.165) is 6.61 Å². The maximum absolute atomic E-state index is 5.23. The molecule has 0 saturated heterocycles. The Balaban J connectivity index is 0. The van der Waals surface area contributed by atoms with Crippen molar-refractivity contribution >= 4 is 29.2 Å². The SMILES string of the molecule is CCCCCC(CCC)COC(=S)[S-].[K+]. The topological polar surface area (TPSA) is 9.23 Å². The third-order valence-electron chi connectivity index (χ3n) is 2.35. The zero-order valence-electron chi connectivity index (χ0n) is 10.3. The maximum atomic E-state index is 5.23. The van der Waals surface area contributed by atoms with Crippen molar-refractivity contribution in [2.45, 2.75) is 52.4 Å². The number of hydrogen-bond donors (Lipinski definition) is 0. The third-order valence-corrected chi connectivity index (χ3v) is 2.59. The Kier molecular flexibility index (Phi) is 17.6. The summed E-state index contributed by atoms with van der Waals surface area (Å²) in [7, 11) is 0. The van der Waals surface area contributed by atoms with Crippen molar-refractivity contribution in [2.24, 2.45) is 5.92 Å². The normalized spacial score (nSPS) is 11.6. The second kappa shape index (κ2) is 13.8. The van der Waals surface area contributed by atoms with Crippen LogP contribution < -0.4 is 51.4 Å². The van der Waals surface area contributed by atoms with Crippen molar-refractivity contribution in [3.63, 3.8) is 0 Å². The molecular weight excluding hydrogens is 251 g/mol. The molecule has 1 nitrogen and oxygen atoms in total. The van der Waals surface area contributed by atoms with Gasteiger partial charge in [0.05, 0.1) is 6.61 Å². The molecule has 0 spiro atoms. The first-order valence-corrected chi connectivity index (χ1v) is 6.36. The zero-order valence-corrected chi connectivity index (χ0v) is 15.0. The van der Waals surface area contributed by atoms with Gasteiger partial charge in [0.15, 0.2) is 0 Å². The first-order valence-electron chi connectivity index (χ1n) is 5.54. The second-order valence-electron chi connectivity index (χ2n) is 3.71. The summed E-state index contributed by atoms with van der Waals surface area (Å²) >= 11 is 9.45. The van der Waals surface area contributed by atoms with Crippen LogP contribution in [0, 0.1) is 5.92 Å². The Labute approximate surface area is 148 Å². The van der Waals surface area contributed by atoms with E-state index in [1.54, 1.807) is 0 Å². The summed E-state index contributed by atoms with van der Waals surface area (Å²) in [6, 6.07) is 0. The van der Waals surface area contributed by atoms with Gasteiger partial charge in [-0.2, -0.15) is 0 Å². The van der Waals surface area contributed by atoms with Crippen molar-refractivity contribution in [1.82, 2.24) is 0 Å². The van der Waals surface area contributed by atoms with Crippen molar-refractivity contribution in [1.29, 1.82) is 0 Å². The van der Waals surface area contributed by atoms with Crippen LogP contribution in [-0.4, -0.2) is 11.0 Å². The summed E-state index contributed by atoms with van der Waals surface area (Å²) in [5.74, 6) is 0.646. The van der Waals surface area contributed by atoms with Gasteiger partial charge < -0.3 is 29.6 Å². The van der Waals surface area contributed by atoms with Crippen LogP contribution in [-0.2, 0) is 17.4 Å². The Morgan fingerprint density at radius 2 is 1.87 bits per heavy atom. The molecule has 84 valence electrons. The summed E-state index contributed by atoms with van der Waals surface area (Å²) in [6.45, 7) is 5.16. The fourth-order valence-corrected chi connectivity index (χ4v) is 1.72. The standard InChI is InChI=1S/C11H22OS2.K/c1-3-5-6-8-10(7-4-2)9-12-11(13)14;/h10H,3-9H2,1-2H3,(H,13,14);/q;+1/p-1. The predicted molar refractivity (Wildman–Crippen MR) is 68.5 cm³/mol. The molecule has 1 atom stereocenters. The van der Waals surface area contributed by atoms with Gasteiger partial charge in [0.1, 0.15) is 0 Å². The number of thiocarbonyl (C=S) groups is 1. The molecule has 0 aliphatic heterocycles. The van der Waals surface area contributed by atoms with E-state index in [0.29, 0.717) is 5.92 Å². The van der Waals surface area contributed by atoms with Crippen molar-refractivity contribution < 1.29 is 56.1 Å². The van der Waals surface area contributed by atoms with Crippen LogP contribution in [0.1, 0.15) is 52.4 Å². The Hall–Kier alpha value is 1.75. The van der Waals surface area contributed by atoms with E-state index >= 15 is 0 Å². The molecular formula is C11H21KOS2. The third kappa shape index (κ3) is 13.7. The van der Waals surface area contributed by atoms with Crippen LogP contribution in [0.25, 0.3) is 0 Å². The molecule has 0 heterocycles. The largest absolute Gasteiger partial charge is 1.00 e. The monoisotopic (exact) mass is 272 g/mol. The van der Waals surface area contributed by atoms with E-state index in [2.05, 4.69) is 13.8 Å². The van der Waals surface area contributed by atoms with E-state index in [4.69, 9.17) is 29.6 Å². The first kappa shape index (κ1) is 19.1. The van der Waals surface area contributed by atoms with E-state index < -0.39 is 0 Å². The minimum atomic E-state index is 0. The average molecular weight is 273 g/mol. The van der Waals surface area contributed by atoms with E-state index in [9.17, 15) is 0 Å². The van der Waals surface area contributed by atoms with Crippen molar-refractivity contribution in [2.75, 3.05) is 6.61 Å². The minimum Gasteiger partial charge on any atom is -0.513 e. The summed E-state index contributed by atoms with van der Waals surface area (Å²) in [6.07, 6.45) is 7.58. The van der Waals surface area contributed by atoms with Crippen LogP contribution in [0.2, 0.25) is 0 Å². The summed E-state index contributed by atoms with van der Waals surface area (Å²) in [5, 5.41) is 0. The fraction of sp³-hybridized carbons (Fsp3) is 0.909. The molecule has 1 unspecified atom stereocenters. The van der Waals surface area contributed by atoms with Crippen LogP contribution in [0.3, 0.4) is 0 Å².